The fourth-order valence-corrected chi connectivity index (χ4v) is 3.60. The first-order valence-electron chi connectivity index (χ1n) is 8.79. The molecule has 0 fully saturated rings. The molecule has 0 aliphatic carbocycles. The molecule has 0 bridgehead atoms. The number of ether oxygens (including phenoxy) is 2. The van der Waals surface area contributed by atoms with Gasteiger partial charge in [0.15, 0.2) is 11.5 Å². The summed E-state index contributed by atoms with van der Waals surface area (Å²) in [5.41, 5.74) is 1.23. The van der Waals surface area contributed by atoms with Crippen LogP contribution in [0.3, 0.4) is 0 Å². The molecule has 0 unspecified atom stereocenters. The molecule has 3 aromatic rings. The highest BCUT2D eigenvalue weighted by Crippen LogP contribution is 2.32. The van der Waals surface area contributed by atoms with Gasteiger partial charge < -0.3 is 19.3 Å². The molecule has 1 aromatic carbocycles. The number of hydrogen-bond acceptors (Lipinski definition) is 8. The van der Waals surface area contributed by atoms with Crippen molar-refractivity contribution in [1.29, 1.82) is 0 Å². The number of anilines is 1. The molecule has 0 saturated carbocycles. The fourth-order valence-electron chi connectivity index (χ4n) is 2.95. The zero-order valence-electron chi connectivity index (χ0n) is 15.4. The van der Waals surface area contributed by atoms with Crippen LogP contribution in [0.4, 0.5) is 5.13 Å². The standard InChI is InChI=1S/C18H22N6O2S/c1-22(11-14-4-5-15-16(10-14)26-13-25-15)7-3-8-23(2)18-20-17(21-27-18)24-9-6-19-12-24/h4-6,9-10,12H,3,7-8,11,13H2,1-2H3. The van der Waals surface area contributed by atoms with Gasteiger partial charge in [0.05, 0.1) is 0 Å². The molecule has 2 aromatic heterocycles. The Labute approximate surface area is 162 Å². The summed E-state index contributed by atoms with van der Waals surface area (Å²) in [4.78, 5) is 13.1. The van der Waals surface area contributed by atoms with Crippen LogP contribution in [0.15, 0.2) is 36.9 Å². The van der Waals surface area contributed by atoms with Crippen molar-refractivity contribution in [3.05, 3.63) is 42.5 Å². The van der Waals surface area contributed by atoms with Crippen molar-refractivity contribution in [3.8, 4) is 17.4 Å². The Morgan fingerprint density at radius 1 is 1.19 bits per heavy atom. The van der Waals surface area contributed by atoms with E-state index in [1.807, 2.05) is 16.8 Å². The van der Waals surface area contributed by atoms with Gasteiger partial charge in [-0.1, -0.05) is 6.07 Å². The van der Waals surface area contributed by atoms with Crippen molar-refractivity contribution in [2.24, 2.45) is 0 Å². The van der Waals surface area contributed by atoms with Crippen LogP contribution in [-0.4, -0.2) is 57.8 Å². The fraction of sp³-hybridized carbons (Fsp3) is 0.389. The summed E-state index contributed by atoms with van der Waals surface area (Å²) in [6.07, 6.45) is 6.31. The lowest BCUT2D eigenvalue weighted by Gasteiger charge is -2.20. The van der Waals surface area contributed by atoms with Gasteiger partial charge in [0.25, 0.3) is 0 Å². The summed E-state index contributed by atoms with van der Waals surface area (Å²) in [5.74, 6) is 2.33. The molecule has 0 atom stereocenters. The summed E-state index contributed by atoms with van der Waals surface area (Å²) in [7, 11) is 4.18. The number of imidazole rings is 1. The second-order valence-corrected chi connectivity index (χ2v) is 7.28. The first-order valence-corrected chi connectivity index (χ1v) is 9.56. The van der Waals surface area contributed by atoms with E-state index in [4.69, 9.17) is 9.47 Å². The van der Waals surface area contributed by atoms with Crippen LogP contribution in [-0.2, 0) is 6.54 Å². The molecule has 0 saturated heterocycles. The third kappa shape index (κ3) is 4.20. The maximum Gasteiger partial charge on any atom is 0.248 e. The average molecular weight is 386 g/mol. The normalized spacial score (nSPS) is 12.7. The van der Waals surface area contributed by atoms with Crippen molar-refractivity contribution < 1.29 is 9.47 Å². The first-order chi connectivity index (χ1) is 13.2. The maximum atomic E-state index is 5.45. The maximum absolute atomic E-state index is 5.45. The molecular formula is C18H22N6O2S. The van der Waals surface area contributed by atoms with Gasteiger partial charge in [-0.05, 0) is 37.7 Å². The average Bonchev–Trinajstić information content (AvgIpc) is 3.40. The molecule has 9 heteroatoms. The van der Waals surface area contributed by atoms with Crippen LogP contribution in [0.2, 0.25) is 0 Å². The Morgan fingerprint density at radius 3 is 2.93 bits per heavy atom. The van der Waals surface area contributed by atoms with E-state index in [1.165, 1.54) is 17.1 Å². The minimum Gasteiger partial charge on any atom is -0.454 e. The molecule has 0 spiro atoms. The minimum absolute atomic E-state index is 0.315. The van der Waals surface area contributed by atoms with E-state index in [0.29, 0.717) is 12.7 Å². The minimum atomic E-state index is 0.315. The van der Waals surface area contributed by atoms with Crippen LogP contribution in [0.25, 0.3) is 5.95 Å². The highest BCUT2D eigenvalue weighted by Gasteiger charge is 2.14. The van der Waals surface area contributed by atoms with E-state index in [9.17, 15) is 0 Å². The lowest BCUT2D eigenvalue weighted by molar-refractivity contribution is 0.174. The quantitative estimate of drug-likeness (QED) is 0.589. The van der Waals surface area contributed by atoms with Crippen LogP contribution < -0.4 is 14.4 Å². The highest BCUT2D eigenvalue weighted by atomic mass is 32.1. The second kappa shape index (κ2) is 7.93. The third-order valence-corrected chi connectivity index (χ3v) is 5.21. The van der Waals surface area contributed by atoms with Crippen LogP contribution in [0.1, 0.15) is 12.0 Å². The zero-order chi connectivity index (χ0) is 18.6. The topological polar surface area (TPSA) is 68.5 Å². The second-order valence-electron chi connectivity index (χ2n) is 6.55. The summed E-state index contributed by atoms with van der Waals surface area (Å²) >= 11 is 1.41. The van der Waals surface area contributed by atoms with E-state index < -0.39 is 0 Å². The summed E-state index contributed by atoms with van der Waals surface area (Å²) < 4.78 is 17.0. The number of fused-ring (bicyclic) bond motifs is 1. The molecule has 142 valence electrons. The van der Waals surface area contributed by atoms with Crippen LogP contribution in [0, 0.1) is 0 Å². The lowest BCUT2D eigenvalue weighted by atomic mass is 10.2. The Balaban J connectivity index is 1.24. The van der Waals surface area contributed by atoms with Crippen molar-refractivity contribution >= 4 is 16.7 Å². The largest absolute Gasteiger partial charge is 0.454 e. The first kappa shape index (κ1) is 17.7. The van der Waals surface area contributed by atoms with Crippen molar-refractivity contribution in [2.75, 3.05) is 38.9 Å². The molecule has 3 heterocycles. The number of hydrogen-bond donors (Lipinski definition) is 0. The predicted octanol–water partition coefficient (Wildman–Crippen LogP) is 2.41. The molecule has 1 aliphatic rings. The number of aromatic nitrogens is 4. The molecule has 0 radical (unpaired) electrons. The molecule has 4 rings (SSSR count). The van der Waals surface area contributed by atoms with E-state index in [0.717, 1.165) is 42.7 Å². The predicted molar refractivity (Wildman–Crippen MR) is 104 cm³/mol. The summed E-state index contributed by atoms with van der Waals surface area (Å²) in [6, 6.07) is 6.13. The van der Waals surface area contributed by atoms with Crippen molar-refractivity contribution in [3.63, 3.8) is 0 Å². The van der Waals surface area contributed by atoms with Gasteiger partial charge in [-0.25, -0.2) is 4.98 Å². The number of rotatable bonds is 8. The summed E-state index contributed by atoms with van der Waals surface area (Å²) in [6.45, 7) is 3.11. The van der Waals surface area contributed by atoms with Crippen molar-refractivity contribution in [2.45, 2.75) is 13.0 Å². The Hall–Kier alpha value is -2.65. The van der Waals surface area contributed by atoms with Gasteiger partial charge >= 0.3 is 0 Å². The smallest absolute Gasteiger partial charge is 0.248 e. The molecule has 8 nitrogen and oxygen atoms in total. The van der Waals surface area contributed by atoms with E-state index in [2.05, 4.69) is 50.4 Å². The number of benzene rings is 1. The van der Waals surface area contributed by atoms with Gasteiger partial charge in [-0.15, -0.1) is 0 Å². The van der Waals surface area contributed by atoms with E-state index in [-0.39, 0.29) is 0 Å². The third-order valence-electron chi connectivity index (χ3n) is 4.39. The van der Waals surface area contributed by atoms with Crippen LogP contribution >= 0.6 is 11.5 Å². The Kier molecular flexibility index (Phi) is 5.21. The Morgan fingerprint density at radius 2 is 2.07 bits per heavy atom. The van der Waals surface area contributed by atoms with E-state index >= 15 is 0 Å². The highest BCUT2D eigenvalue weighted by molar-refractivity contribution is 7.09. The van der Waals surface area contributed by atoms with Gasteiger partial charge in [-0.3, -0.25) is 4.57 Å². The zero-order valence-corrected chi connectivity index (χ0v) is 16.2. The molecule has 0 amide bonds. The van der Waals surface area contributed by atoms with E-state index in [1.54, 1.807) is 12.5 Å². The van der Waals surface area contributed by atoms with Gasteiger partial charge in [0, 0.05) is 44.1 Å². The monoisotopic (exact) mass is 386 g/mol. The Bertz CT molecular complexity index is 882. The molecular weight excluding hydrogens is 364 g/mol. The number of nitrogens with zero attached hydrogens (tertiary/aromatic N) is 6. The van der Waals surface area contributed by atoms with Crippen molar-refractivity contribution in [1.82, 2.24) is 23.8 Å². The van der Waals surface area contributed by atoms with Gasteiger partial charge in [0.1, 0.15) is 6.33 Å². The molecule has 0 N–H and O–H groups in total. The molecule has 27 heavy (non-hydrogen) atoms. The van der Waals surface area contributed by atoms with Crippen LogP contribution in [0.5, 0.6) is 11.5 Å². The lowest BCUT2D eigenvalue weighted by Crippen LogP contribution is -2.25. The molecule has 1 aliphatic heterocycles. The summed E-state index contributed by atoms with van der Waals surface area (Å²) in [5, 5.41) is 0.914. The van der Waals surface area contributed by atoms with Gasteiger partial charge in [0.2, 0.25) is 17.9 Å². The SMILES string of the molecule is CN(CCCN(C)c1nc(-n2ccnc2)ns1)Cc1ccc2c(c1)OCO2. The van der Waals surface area contributed by atoms with Gasteiger partial charge in [-0.2, -0.15) is 9.36 Å².